The Bertz CT molecular complexity index is 499. The molecule has 21 heavy (non-hydrogen) atoms. The van der Waals surface area contributed by atoms with Gasteiger partial charge in [0.15, 0.2) is 0 Å². The van der Waals surface area contributed by atoms with Gasteiger partial charge in [0.1, 0.15) is 12.0 Å². The fraction of sp³-hybridized carbons (Fsp3) is 0.643. The summed E-state index contributed by atoms with van der Waals surface area (Å²) in [6, 6.07) is 1.54. The smallest absolute Gasteiger partial charge is 0.287 e. The van der Waals surface area contributed by atoms with Crippen LogP contribution in [-0.4, -0.2) is 53.2 Å². The van der Waals surface area contributed by atoms with Crippen LogP contribution in [0, 0.1) is 17.0 Å². The van der Waals surface area contributed by atoms with Crippen molar-refractivity contribution < 1.29 is 9.66 Å². The van der Waals surface area contributed by atoms with Gasteiger partial charge in [0.2, 0.25) is 0 Å². The number of nitrogens with one attached hydrogen (secondary N) is 1. The number of hydrogen-bond acceptors (Lipinski definition) is 6. The van der Waals surface area contributed by atoms with E-state index in [0.29, 0.717) is 5.82 Å². The molecule has 2 rings (SSSR count). The zero-order chi connectivity index (χ0) is 15.4. The normalized spacial score (nSPS) is 23.0. The standard InChI is InChI=1S/C14H22N4O3/c1-10-6-13(18(19)20)7-16-14(10)15-4-5-17-8-11(2)21-12(3)9-17/h6-7,11-12H,4-5,8-9H2,1-3H3,(H,15,16)/t11-,12-/m1/s1. The third-order valence-corrected chi connectivity index (χ3v) is 3.49. The highest BCUT2D eigenvalue weighted by atomic mass is 16.6. The molecule has 0 radical (unpaired) electrons. The third-order valence-electron chi connectivity index (χ3n) is 3.49. The average Bonchev–Trinajstić information content (AvgIpc) is 2.39. The van der Waals surface area contributed by atoms with E-state index in [4.69, 9.17) is 4.74 Å². The highest BCUT2D eigenvalue weighted by molar-refractivity contribution is 5.48. The first-order valence-electron chi connectivity index (χ1n) is 7.18. The predicted octanol–water partition coefficient (Wildman–Crippen LogP) is 1.82. The molecular weight excluding hydrogens is 272 g/mol. The van der Waals surface area contributed by atoms with Gasteiger partial charge in [-0.2, -0.15) is 0 Å². The fourth-order valence-corrected chi connectivity index (χ4v) is 2.64. The van der Waals surface area contributed by atoms with Gasteiger partial charge >= 0.3 is 0 Å². The summed E-state index contributed by atoms with van der Waals surface area (Å²) in [7, 11) is 0. The molecule has 1 aromatic rings. The zero-order valence-electron chi connectivity index (χ0n) is 12.7. The van der Waals surface area contributed by atoms with E-state index >= 15 is 0 Å². The van der Waals surface area contributed by atoms with E-state index in [-0.39, 0.29) is 17.9 Å². The highest BCUT2D eigenvalue weighted by Gasteiger charge is 2.21. The average molecular weight is 294 g/mol. The van der Waals surface area contributed by atoms with Gasteiger partial charge in [-0.05, 0) is 26.3 Å². The second-order valence-corrected chi connectivity index (χ2v) is 5.56. The number of aryl methyl sites for hydroxylation is 1. The molecule has 116 valence electrons. The van der Waals surface area contributed by atoms with Crippen LogP contribution in [0.25, 0.3) is 0 Å². The number of nitro groups is 1. The van der Waals surface area contributed by atoms with Gasteiger partial charge in [-0.1, -0.05) is 0 Å². The summed E-state index contributed by atoms with van der Waals surface area (Å²) in [6.45, 7) is 9.50. The van der Waals surface area contributed by atoms with E-state index in [2.05, 4.69) is 29.0 Å². The topological polar surface area (TPSA) is 80.5 Å². The number of ether oxygens (including phenoxy) is 1. The summed E-state index contributed by atoms with van der Waals surface area (Å²) >= 11 is 0. The van der Waals surface area contributed by atoms with Crippen molar-refractivity contribution in [3.63, 3.8) is 0 Å². The first-order chi connectivity index (χ1) is 9.95. The van der Waals surface area contributed by atoms with Crippen molar-refractivity contribution in [3.05, 3.63) is 27.9 Å². The van der Waals surface area contributed by atoms with Crippen molar-refractivity contribution in [1.29, 1.82) is 0 Å². The number of hydrogen-bond donors (Lipinski definition) is 1. The van der Waals surface area contributed by atoms with Crippen molar-refractivity contribution in [2.75, 3.05) is 31.5 Å². The van der Waals surface area contributed by atoms with Gasteiger partial charge in [-0.25, -0.2) is 4.98 Å². The lowest BCUT2D eigenvalue weighted by Gasteiger charge is -2.35. The molecule has 7 nitrogen and oxygen atoms in total. The summed E-state index contributed by atoms with van der Waals surface area (Å²) in [5, 5.41) is 13.9. The summed E-state index contributed by atoms with van der Waals surface area (Å²) in [6.07, 6.45) is 1.80. The molecule has 1 aliphatic heterocycles. The maximum absolute atomic E-state index is 10.7. The number of pyridine rings is 1. The van der Waals surface area contributed by atoms with E-state index < -0.39 is 4.92 Å². The largest absolute Gasteiger partial charge is 0.373 e. The second kappa shape index (κ2) is 6.82. The minimum Gasteiger partial charge on any atom is -0.373 e. The van der Waals surface area contributed by atoms with Crippen LogP contribution in [0.5, 0.6) is 0 Å². The van der Waals surface area contributed by atoms with Gasteiger partial charge in [0.25, 0.3) is 5.69 Å². The number of nitrogens with zero attached hydrogens (tertiary/aromatic N) is 3. The molecule has 0 spiro atoms. The molecule has 7 heteroatoms. The lowest BCUT2D eigenvalue weighted by atomic mass is 10.2. The van der Waals surface area contributed by atoms with Gasteiger partial charge in [0, 0.05) is 32.2 Å². The summed E-state index contributed by atoms with van der Waals surface area (Å²) in [5.74, 6) is 0.704. The Morgan fingerprint density at radius 1 is 1.48 bits per heavy atom. The molecule has 0 saturated carbocycles. The molecule has 2 atom stereocenters. The van der Waals surface area contributed by atoms with Crippen molar-refractivity contribution in [2.24, 2.45) is 0 Å². The quantitative estimate of drug-likeness (QED) is 0.659. The van der Waals surface area contributed by atoms with Crippen molar-refractivity contribution in [2.45, 2.75) is 33.0 Å². The van der Waals surface area contributed by atoms with Gasteiger partial charge in [-0.15, -0.1) is 0 Å². The van der Waals surface area contributed by atoms with Crippen LogP contribution in [0.1, 0.15) is 19.4 Å². The predicted molar refractivity (Wildman–Crippen MR) is 80.6 cm³/mol. The number of anilines is 1. The molecule has 0 amide bonds. The lowest BCUT2D eigenvalue weighted by Crippen LogP contribution is -2.46. The lowest BCUT2D eigenvalue weighted by molar-refractivity contribution is -0.385. The van der Waals surface area contributed by atoms with E-state index in [1.54, 1.807) is 0 Å². The molecule has 0 aliphatic carbocycles. The summed E-state index contributed by atoms with van der Waals surface area (Å²) in [4.78, 5) is 16.7. The molecule has 1 aromatic heterocycles. The van der Waals surface area contributed by atoms with E-state index in [9.17, 15) is 10.1 Å². The number of aromatic nitrogens is 1. The Kier molecular flexibility index (Phi) is 5.08. The van der Waals surface area contributed by atoms with Crippen molar-refractivity contribution in [1.82, 2.24) is 9.88 Å². The molecule has 0 aromatic carbocycles. The van der Waals surface area contributed by atoms with Gasteiger partial charge < -0.3 is 10.1 Å². The van der Waals surface area contributed by atoms with Crippen molar-refractivity contribution >= 4 is 11.5 Å². The minimum atomic E-state index is -0.430. The van der Waals surface area contributed by atoms with Crippen LogP contribution in [-0.2, 0) is 4.74 Å². The van der Waals surface area contributed by atoms with Crippen LogP contribution in [0.4, 0.5) is 11.5 Å². The first kappa shape index (κ1) is 15.7. The molecule has 1 N–H and O–H groups in total. The maximum atomic E-state index is 10.7. The molecule has 2 heterocycles. The SMILES string of the molecule is Cc1cc([N+](=O)[O-])cnc1NCCN1C[C@@H](C)O[C@H](C)C1. The molecule has 0 unspecified atom stereocenters. The molecule has 1 fully saturated rings. The van der Waals surface area contributed by atoms with E-state index in [0.717, 1.165) is 31.7 Å². The zero-order valence-corrected chi connectivity index (χ0v) is 12.7. The first-order valence-corrected chi connectivity index (χ1v) is 7.18. The highest BCUT2D eigenvalue weighted by Crippen LogP contribution is 2.17. The summed E-state index contributed by atoms with van der Waals surface area (Å²) < 4.78 is 5.70. The Morgan fingerprint density at radius 3 is 2.71 bits per heavy atom. The van der Waals surface area contributed by atoms with Crippen LogP contribution >= 0.6 is 0 Å². The Morgan fingerprint density at radius 2 is 2.14 bits per heavy atom. The monoisotopic (exact) mass is 294 g/mol. The van der Waals surface area contributed by atoms with Crippen molar-refractivity contribution in [3.8, 4) is 0 Å². The third kappa shape index (κ3) is 4.37. The van der Waals surface area contributed by atoms with E-state index in [1.165, 1.54) is 12.3 Å². The fourth-order valence-electron chi connectivity index (χ4n) is 2.64. The Labute approximate surface area is 124 Å². The maximum Gasteiger partial charge on any atom is 0.287 e. The molecule has 0 bridgehead atoms. The number of morpholine rings is 1. The molecular formula is C14H22N4O3. The number of rotatable bonds is 5. The Balaban J connectivity index is 1.84. The minimum absolute atomic E-state index is 0.0221. The Hall–Kier alpha value is -1.73. The van der Waals surface area contributed by atoms with Crippen LogP contribution < -0.4 is 5.32 Å². The van der Waals surface area contributed by atoms with Crippen LogP contribution in [0.2, 0.25) is 0 Å². The summed E-state index contributed by atoms with van der Waals surface area (Å²) in [5.41, 5.74) is 0.807. The second-order valence-electron chi connectivity index (χ2n) is 5.56. The molecule has 1 aliphatic rings. The van der Waals surface area contributed by atoms with E-state index in [1.807, 2.05) is 6.92 Å². The molecule has 1 saturated heterocycles. The van der Waals surface area contributed by atoms with Crippen LogP contribution in [0.3, 0.4) is 0 Å². The van der Waals surface area contributed by atoms with Crippen LogP contribution in [0.15, 0.2) is 12.3 Å². The van der Waals surface area contributed by atoms with Gasteiger partial charge in [0.05, 0.1) is 17.1 Å². The van der Waals surface area contributed by atoms with Gasteiger partial charge in [-0.3, -0.25) is 15.0 Å².